The van der Waals surface area contributed by atoms with Crippen LogP contribution in [-0.2, 0) is 4.74 Å². The first-order valence-corrected chi connectivity index (χ1v) is 10.6. The van der Waals surface area contributed by atoms with Gasteiger partial charge in [-0.3, -0.25) is 0 Å². The number of carbonyl (C=O) groups excluding carboxylic acids is 1. The Bertz CT molecular complexity index is 1110. The molecule has 0 unspecified atom stereocenters. The average molecular weight is 423 g/mol. The van der Waals surface area contributed by atoms with Gasteiger partial charge in [0.15, 0.2) is 11.5 Å². The Hall–Kier alpha value is -3.55. The van der Waals surface area contributed by atoms with Gasteiger partial charge >= 0.3 is 5.97 Å². The molecule has 162 valence electrons. The molecule has 3 aromatic rings. The molecule has 31 heavy (non-hydrogen) atoms. The molecule has 0 fully saturated rings. The fourth-order valence-electron chi connectivity index (χ4n) is 3.36. The Morgan fingerprint density at radius 3 is 2.48 bits per heavy atom. The van der Waals surface area contributed by atoms with Crippen LogP contribution in [0.4, 0.5) is 0 Å². The molecule has 1 aromatic heterocycles. The second-order valence-electron chi connectivity index (χ2n) is 7.39. The summed E-state index contributed by atoms with van der Waals surface area (Å²) in [6.07, 6.45) is 9.58. The first-order valence-electron chi connectivity index (χ1n) is 10.6. The number of aromatic hydroxyl groups is 1. The van der Waals surface area contributed by atoms with E-state index in [-0.39, 0.29) is 11.7 Å². The number of benzene rings is 2. The van der Waals surface area contributed by atoms with Gasteiger partial charge in [-0.05, 0) is 24.6 Å². The van der Waals surface area contributed by atoms with Crippen molar-refractivity contribution in [1.29, 1.82) is 0 Å². The lowest BCUT2D eigenvalue weighted by molar-refractivity contribution is 0.0498. The number of nitrogens with zero attached hydrogens (tertiary/aromatic N) is 3. The Labute approximate surface area is 180 Å². The van der Waals surface area contributed by atoms with E-state index in [0.29, 0.717) is 40.4 Å². The summed E-state index contributed by atoms with van der Waals surface area (Å²) in [7, 11) is 0. The third-order valence-corrected chi connectivity index (χ3v) is 5.05. The predicted octanol–water partition coefficient (Wildman–Crippen LogP) is 4.89. The lowest BCUT2D eigenvalue weighted by atomic mass is 10.1. The molecule has 0 saturated heterocycles. The largest absolute Gasteiger partial charge is 0.505 e. The van der Waals surface area contributed by atoms with E-state index in [1.54, 1.807) is 24.3 Å². The second kappa shape index (κ2) is 9.51. The van der Waals surface area contributed by atoms with Gasteiger partial charge in [0, 0.05) is 12.1 Å². The number of esters is 1. The summed E-state index contributed by atoms with van der Waals surface area (Å²) in [6, 6.07) is 8.04. The van der Waals surface area contributed by atoms with E-state index in [0.717, 1.165) is 12.8 Å². The monoisotopic (exact) mass is 423 g/mol. The van der Waals surface area contributed by atoms with Crippen LogP contribution in [0, 0.1) is 0 Å². The summed E-state index contributed by atoms with van der Waals surface area (Å²) in [5.41, 5.74) is 1.85. The molecule has 1 aliphatic heterocycles. The minimum Gasteiger partial charge on any atom is -0.505 e. The Balaban J connectivity index is 1.43. The molecule has 0 amide bonds. The summed E-state index contributed by atoms with van der Waals surface area (Å²) >= 11 is 0. The number of unbranched alkanes of at least 4 members (excludes halogenated alkanes) is 5. The van der Waals surface area contributed by atoms with Gasteiger partial charge in [0.2, 0.25) is 0 Å². The van der Waals surface area contributed by atoms with Crippen LogP contribution < -0.4 is 9.47 Å². The van der Waals surface area contributed by atoms with E-state index in [1.165, 1.54) is 49.1 Å². The molecule has 4 rings (SSSR count). The highest BCUT2D eigenvalue weighted by atomic mass is 16.5. The zero-order valence-corrected chi connectivity index (χ0v) is 17.4. The second-order valence-corrected chi connectivity index (χ2v) is 7.39. The van der Waals surface area contributed by atoms with Crippen LogP contribution >= 0.6 is 0 Å². The van der Waals surface area contributed by atoms with Crippen LogP contribution in [0.1, 0.15) is 55.8 Å². The smallest absolute Gasteiger partial charge is 0.338 e. The van der Waals surface area contributed by atoms with Crippen molar-refractivity contribution in [2.75, 3.05) is 6.61 Å². The van der Waals surface area contributed by atoms with Crippen LogP contribution in [0.25, 0.3) is 16.7 Å². The van der Waals surface area contributed by atoms with Gasteiger partial charge in [-0.25, -0.2) is 4.79 Å². The molecule has 0 atom stereocenters. The van der Waals surface area contributed by atoms with Gasteiger partial charge in [0.25, 0.3) is 0 Å². The number of hydrogen-bond acceptors (Lipinski definition) is 7. The summed E-state index contributed by atoms with van der Waals surface area (Å²) in [5, 5.41) is 19.1. The number of carbonyl (C=O) groups is 1. The molecule has 0 aliphatic carbocycles. The van der Waals surface area contributed by atoms with E-state index >= 15 is 0 Å². The molecule has 1 N–H and O–H groups in total. The first kappa shape index (κ1) is 20.7. The lowest BCUT2D eigenvalue weighted by Crippen LogP contribution is -2.06. The van der Waals surface area contributed by atoms with Crippen LogP contribution in [0.5, 0.6) is 17.2 Å². The van der Waals surface area contributed by atoms with Crippen LogP contribution in [-0.4, -0.2) is 32.7 Å². The van der Waals surface area contributed by atoms with E-state index in [9.17, 15) is 9.90 Å². The fraction of sp³-hybridized carbons (Fsp3) is 0.348. The van der Waals surface area contributed by atoms with Crippen molar-refractivity contribution in [3.63, 3.8) is 0 Å². The topological polar surface area (TPSA) is 95.7 Å². The normalized spacial score (nSPS) is 12.3. The van der Waals surface area contributed by atoms with Crippen molar-refractivity contribution in [3.05, 3.63) is 48.4 Å². The highest BCUT2D eigenvalue weighted by molar-refractivity contribution is 5.93. The highest BCUT2D eigenvalue weighted by Gasteiger charge is 2.17. The fourth-order valence-corrected chi connectivity index (χ4v) is 3.36. The maximum atomic E-state index is 12.4. The predicted molar refractivity (Wildman–Crippen MR) is 115 cm³/mol. The molecule has 0 radical (unpaired) electrons. The Morgan fingerprint density at radius 2 is 1.68 bits per heavy atom. The maximum absolute atomic E-state index is 12.4. The van der Waals surface area contributed by atoms with Crippen LogP contribution in [0.2, 0.25) is 0 Å². The summed E-state index contributed by atoms with van der Waals surface area (Å²) in [5.74, 6) is 0.405. The van der Waals surface area contributed by atoms with E-state index in [4.69, 9.17) is 14.2 Å². The standard InChI is InChI=1S/C23H25N3O5/c1-2-3-4-5-6-7-10-31-23(28)16-8-9-17-18(13-16)25-26(24-17)19-14-21-22(15-20(19)27)30-12-11-29-21/h8-9,11-15,27H,2-7,10H2,1H3. The van der Waals surface area contributed by atoms with Crippen LogP contribution in [0.3, 0.4) is 0 Å². The molecule has 0 saturated carbocycles. The van der Waals surface area contributed by atoms with Crippen molar-refractivity contribution in [3.8, 4) is 22.9 Å². The third-order valence-electron chi connectivity index (χ3n) is 5.05. The van der Waals surface area contributed by atoms with Gasteiger partial charge in [-0.15, -0.1) is 15.0 Å². The number of fused-ring (bicyclic) bond motifs is 2. The number of phenolic OH excluding ortho intramolecular Hbond substituents is 1. The SMILES string of the molecule is CCCCCCCCOC(=O)c1ccc2nn(-c3cc4c(cc3O)OC=CO4)nc2c1. The van der Waals surface area contributed by atoms with Gasteiger partial charge in [0.05, 0.1) is 12.2 Å². The highest BCUT2D eigenvalue weighted by Crippen LogP contribution is 2.38. The molecule has 0 spiro atoms. The first-order chi connectivity index (χ1) is 15.2. The minimum absolute atomic E-state index is 0.0588. The third kappa shape index (κ3) is 4.79. The van der Waals surface area contributed by atoms with Gasteiger partial charge in [0.1, 0.15) is 35.0 Å². The molecule has 1 aliphatic rings. The zero-order chi connectivity index (χ0) is 21.6. The summed E-state index contributed by atoms with van der Waals surface area (Å²) < 4.78 is 16.1. The van der Waals surface area contributed by atoms with Crippen molar-refractivity contribution in [2.45, 2.75) is 45.4 Å². The van der Waals surface area contributed by atoms with Crippen molar-refractivity contribution in [2.24, 2.45) is 0 Å². The van der Waals surface area contributed by atoms with Gasteiger partial charge in [-0.1, -0.05) is 39.0 Å². The van der Waals surface area contributed by atoms with E-state index in [1.807, 2.05) is 0 Å². The van der Waals surface area contributed by atoms with Crippen molar-refractivity contribution >= 4 is 17.0 Å². The molecule has 2 heterocycles. The van der Waals surface area contributed by atoms with Gasteiger partial charge in [-0.2, -0.15) is 0 Å². The van der Waals surface area contributed by atoms with Crippen molar-refractivity contribution < 1.29 is 24.1 Å². The lowest BCUT2D eigenvalue weighted by Gasteiger charge is -2.14. The minimum atomic E-state index is -0.376. The Morgan fingerprint density at radius 1 is 0.968 bits per heavy atom. The molecular formula is C23H25N3O5. The summed E-state index contributed by atoms with van der Waals surface area (Å²) in [6.45, 7) is 2.60. The number of ether oxygens (including phenoxy) is 3. The van der Waals surface area contributed by atoms with Gasteiger partial charge < -0.3 is 19.3 Å². The van der Waals surface area contributed by atoms with Crippen molar-refractivity contribution in [1.82, 2.24) is 15.0 Å². The van der Waals surface area contributed by atoms with Crippen LogP contribution in [0.15, 0.2) is 42.9 Å². The number of aromatic nitrogens is 3. The Kier molecular flexibility index (Phi) is 6.35. The molecule has 8 heteroatoms. The quantitative estimate of drug-likeness (QED) is 0.387. The summed E-state index contributed by atoms with van der Waals surface area (Å²) in [4.78, 5) is 13.7. The molecule has 8 nitrogen and oxygen atoms in total. The zero-order valence-electron chi connectivity index (χ0n) is 17.4. The average Bonchev–Trinajstić information content (AvgIpc) is 3.21. The number of phenols is 1. The van der Waals surface area contributed by atoms with E-state index in [2.05, 4.69) is 17.1 Å². The molecule has 0 bridgehead atoms. The number of rotatable bonds is 9. The van der Waals surface area contributed by atoms with E-state index < -0.39 is 0 Å². The molecular weight excluding hydrogens is 398 g/mol. The number of hydrogen-bond donors (Lipinski definition) is 1. The maximum Gasteiger partial charge on any atom is 0.338 e. The molecule has 2 aromatic carbocycles.